The zero-order valence-electron chi connectivity index (χ0n) is 10.7. The third-order valence-corrected chi connectivity index (χ3v) is 2.87. The second-order valence-corrected chi connectivity index (χ2v) is 4.20. The van der Waals surface area contributed by atoms with E-state index >= 15 is 0 Å². The van der Waals surface area contributed by atoms with Gasteiger partial charge in [-0.3, -0.25) is 0 Å². The fraction of sp³-hybridized carbons (Fsp3) is 0.538. The van der Waals surface area contributed by atoms with Gasteiger partial charge in [0.2, 0.25) is 0 Å². The number of hydrogen-bond donors (Lipinski definition) is 1. The lowest BCUT2D eigenvalue weighted by atomic mass is 10.3. The van der Waals surface area contributed by atoms with Crippen LogP contribution >= 0.6 is 0 Å². The van der Waals surface area contributed by atoms with Crippen LogP contribution in [0, 0.1) is 0 Å². The highest BCUT2D eigenvalue weighted by molar-refractivity contribution is 5.71. The molecule has 2 aromatic rings. The lowest BCUT2D eigenvalue weighted by Crippen LogP contribution is -2.07. The number of aliphatic hydroxyl groups excluding tert-OH is 1. The topological polar surface area (TPSA) is 60.2 Å². The zero-order chi connectivity index (χ0) is 12.8. The smallest absolute Gasteiger partial charge is 0.159 e. The predicted octanol–water partition coefficient (Wildman–Crippen LogP) is 1.39. The molecule has 0 atom stereocenters. The van der Waals surface area contributed by atoms with Crippen LogP contribution in [0.15, 0.2) is 18.3 Å². The summed E-state index contributed by atoms with van der Waals surface area (Å²) in [6, 6.07) is 3.86. The first-order valence-corrected chi connectivity index (χ1v) is 6.26. The van der Waals surface area contributed by atoms with Gasteiger partial charge in [0, 0.05) is 39.5 Å². The lowest BCUT2D eigenvalue weighted by Gasteiger charge is -2.07. The number of aryl methyl sites for hydroxylation is 2. The summed E-state index contributed by atoms with van der Waals surface area (Å²) < 4.78 is 7.16. The summed E-state index contributed by atoms with van der Waals surface area (Å²) >= 11 is 0. The molecule has 0 saturated carbocycles. The van der Waals surface area contributed by atoms with E-state index in [4.69, 9.17) is 9.84 Å². The number of nitrogens with zero attached hydrogens (tertiary/aromatic N) is 3. The summed E-state index contributed by atoms with van der Waals surface area (Å²) in [7, 11) is 1.70. The van der Waals surface area contributed by atoms with Gasteiger partial charge in [-0.1, -0.05) is 0 Å². The first-order chi connectivity index (χ1) is 8.86. The third-order valence-electron chi connectivity index (χ3n) is 2.87. The fourth-order valence-corrected chi connectivity index (χ4v) is 2.03. The van der Waals surface area contributed by atoms with Crippen molar-refractivity contribution < 1.29 is 9.84 Å². The molecule has 0 aliphatic carbocycles. The molecule has 1 N–H and O–H groups in total. The molecule has 5 heteroatoms. The highest BCUT2D eigenvalue weighted by Gasteiger charge is 2.10. The Morgan fingerprint density at radius 1 is 1.39 bits per heavy atom. The number of rotatable bonds is 7. The van der Waals surface area contributed by atoms with Crippen molar-refractivity contribution in [2.45, 2.75) is 25.8 Å². The van der Waals surface area contributed by atoms with E-state index in [-0.39, 0.29) is 6.61 Å². The van der Waals surface area contributed by atoms with Crippen LogP contribution in [0.2, 0.25) is 0 Å². The molecule has 0 fully saturated rings. The Hall–Kier alpha value is -1.46. The Bertz CT molecular complexity index is 496. The van der Waals surface area contributed by atoms with Crippen LogP contribution in [0.4, 0.5) is 0 Å². The molecular formula is C13H19N3O2. The van der Waals surface area contributed by atoms with Gasteiger partial charge < -0.3 is 14.4 Å². The number of methoxy groups -OCH3 is 1. The molecule has 2 heterocycles. The van der Waals surface area contributed by atoms with E-state index in [1.165, 1.54) is 0 Å². The van der Waals surface area contributed by atoms with Crippen LogP contribution in [0.25, 0.3) is 11.2 Å². The Labute approximate surface area is 106 Å². The molecule has 2 aromatic heterocycles. The van der Waals surface area contributed by atoms with Crippen molar-refractivity contribution in [1.82, 2.24) is 14.5 Å². The van der Waals surface area contributed by atoms with Gasteiger partial charge in [-0.05, 0) is 25.0 Å². The van der Waals surface area contributed by atoms with Crippen molar-refractivity contribution in [1.29, 1.82) is 0 Å². The normalized spacial score (nSPS) is 11.2. The van der Waals surface area contributed by atoms with Gasteiger partial charge in [-0.25, -0.2) is 9.97 Å². The summed E-state index contributed by atoms with van der Waals surface area (Å²) in [6.07, 6.45) is 4.31. The average molecular weight is 249 g/mol. The maximum atomic E-state index is 8.97. The monoisotopic (exact) mass is 249 g/mol. The van der Waals surface area contributed by atoms with Crippen molar-refractivity contribution in [3.63, 3.8) is 0 Å². The van der Waals surface area contributed by atoms with Crippen molar-refractivity contribution in [2.24, 2.45) is 0 Å². The van der Waals surface area contributed by atoms with Crippen LogP contribution in [0.3, 0.4) is 0 Å². The minimum Gasteiger partial charge on any atom is -0.396 e. The zero-order valence-corrected chi connectivity index (χ0v) is 10.7. The van der Waals surface area contributed by atoms with Gasteiger partial charge in [0.1, 0.15) is 11.3 Å². The molecule has 0 spiro atoms. The molecule has 0 aromatic carbocycles. The number of ether oxygens (including phenoxy) is 1. The SMILES string of the molecule is COCCCc1nc2cccnc2n1CCCO. The Morgan fingerprint density at radius 3 is 3.06 bits per heavy atom. The molecule has 0 radical (unpaired) electrons. The summed E-state index contributed by atoms with van der Waals surface area (Å²) in [4.78, 5) is 8.97. The number of aromatic nitrogens is 3. The number of imidazole rings is 1. The molecule has 0 unspecified atom stereocenters. The van der Waals surface area contributed by atoms with Crippen LogP contribution < -0.4 is 0 Å². The molecule has 0 bridgehead atoms. The summed E-state index contributed by atoms with van der Waals surface area (Å²) in [5.41, 5.74) is 1.82. The van der Waals surface area contributed by atoms with Crippen molar-refractivity contribution >= 4 is 11.2 Å². The van der Waals surface area contributed by atoms with E-state index in [9.17, 15) is 0 Å². The largest absolute Gasteiger partial charge is 0.396 e. The molecule has 0 aliphatic rings. The van der Waals surface area contributed by atoms with Gasteiger partial charge in [-0.15, -0.1) is 0 Å². The van der Waals surface area contributed by atoms with E-state index in [1.807, 2.05) is 12.1 Å². The van der Waals surface area contributed by atoms with Gasteiger partial charge in [0.05, 0.1) is 0 Å². The standard InChI is InChI=1S/C13H19N3O2/c1-18-10-3-6-12-15-11-5-2-7-14-13(11)16(12)8-4-9-17/h2,5,7,17H,3-4,6,8-10H2,1H3. The van der Waals surface area contributed by atoms with Crippen LogP contribution in [-0.2, 0) is 17.7 Å². The van der Waals surface area contributed by atoms with Gasteiger partial charge >= 0.3 is 0 Å². The second-order valence-electron chi connectivity index (χ2n) is 4.20. The Morgan fingerprint density at radius 2 is 2.28 bits per heavy atom. The van der Waals surface area contributed by atoms with Crippen LogP contribution in [0.1, 0.15) is 18.7 Å². The van der Waals surface area contributed by atoms with E-state index in [0.29, 0.717) is 0 Å². The van der Waals surface area contributed by atoms with E-state index < -0.39 is 0 Å². The van der Waals surface area contributed by atoms with Crippen LogP contribution in [-0.4, -0.2) is 40.0 Å². The van der Waals surface area contributed by atoms with E-state index in [1.54, 1.807) is 13.3 Å². The molecule has 5 nitrogen and oxygen atoms in total. The maximum absolute atomic E-state index is 8.97. The van der Waals surface area contributed by atoms with Crippen molar-refractivity contribution in [3.8, 4) is 0 Å². The summed E-state index contributed by atoms with van der Waals surface area (Å²) in [5, 5.41) is 8.97. The highest BCUT2D eigenvalue weighted by atomic mass is 16.5. The lowest BCUT2D eigenvalue weighted by molar-refractivity contribution is 0.194. The van der Waals surface area contributed by atoms with Gasteiger partial charge in [0.25, 0.3) is 0 Å². The number of pyridine rings is 1. The second kappa shape index (κ2) is 6.47. The third kappa shape index (κ3) is 2.86. The van der Waals surface area contributed by atoms with Crippen molar-refractivity contribution in [2.75, 3.05) is 20.3 Å². The Kier molecular flexibility index (Phi) is 4.66. The van der Waals surface area contributed by atoms with E-state index in [2.05, 4.69) is 14.5 Å². The molecule has 98 valence electrons. The summed E-state index contributed by atoms with van der Waals surface area (Å²) in [5.74, 6) is 1.02. The quantitative estimate of drug-likeness (QED) is 0.753. The molecule has 0 saturated heterocycles. The molecule has 18 heavy (non-hydrogen) atoms. The first kappa shape index (κ1) is 13.0. The maximum Gasteiger partial charge on any atom is 0.159 e. The summed E-state index contributed by atoms with van der Waals surface area (Å²) in [6.45, 7) is 1.67. The minimum atomic E-state index is 0.185. The molecular weight excluding hydrogens is 230 g/mol. The predicted molar refractivity (Wildman–Crippen MR) is 69.4 cm³/mol. The van der Waals surface area contributed by atoms with Crippen molar-refractivity contribution in [3.05, 3.63) is 24.2 Å². The fourth-order valence-electron chi connectivity index (χ4n) is 2.03. The van der Waals surface area contributed by atoms with E-state index in [0.717, 1.165) is 49.4 Å². The minimum absolute atomic E-state index is 0.185. The number of fused-ring (bicyclic) bond motifs is 1. The molecule has 0 aliphatic heterocycles. The number of aliphatic hydroxyl groups is 1. The first-order valence-electron chi connectivity index (χ1n) is 6.26. The number of hydrogen-bond acceptors (Lipinski definition) is 4. The van der Waals surface area contributed by atoms with Crippen LogP contribution in [0.5, 0.6) is 0 Å². The highest BCUT2D eigenvalue weighted by Crippen LogP contribution is 2.15. The van der Waals surface area contributed by atoms with Gasteiger partial charge in [0.15, 0.2) is 5.65 Å². The van der Waals surface area contributed by atoms with Gasteiger partial charge in [-0.2, -0.15) is 0 Å². The average Bonchev–Trinajstić information content (AvgIpc) is 2.74. The molecule has 0 amide bonds. The molecule has 2 rings (SSSR count). The Balaban J connectivity index is 2.25.